The molecular formula is C25H26N2O7. The normalized spacial score (nSPS) is 19.1. The van der Waals surface area contributed by atoms with Gasteiger partial charge in [-0.15, -0.1) is 0 Å². The summed E-state index contributed by atoms with van der Waals surface area (Å²) in [4.78, 5) is 40.6. The molecule has 34 heavy (non-hydrogen) atoms. The molecule has 1 fully saturated rings. The van der Waals surface area contributed by atoms with Gasteiger partial charge in [-0.2, -0.15) is 0 Å². The number of methoxy groups -OCH3 is 1. The average molecular weight is 466 g/mol. The molecule has 1 unspecified atom stereocenters. The third-order valence-electron chi connectivity index (χ3n) is 5.86. The number of esters is 1. The molecule has 178 valence electrons. The molecule has 1 saturated heterocycles. The van der Waals surface area contributed by atoms with Crippen LogP contribution in [0.15, 0.2) is 48.0 Å². The topological polar surface area (TPSA) is 106 Å². The highest BCUT2D eigenvalue weighted by atomic mass is 16.5. The van der Waals surface area contributed by atoms with Gasteiger partial charge >= 0.3 is 5.97 Å². The van der Waals surface area contributed by atoms with E-state index < -0.39 is 23.7 Å². The molecule has 1 atom stereocenters. The second kappa shape index (κ2) is 9.56. The molecule has 0 bridgehead atoms. The first-order valence-corrected chi connectivity index (χ1v) is 10.9. The number of benzene rings is 2. The van der Waals surface area contributed by atoms with Gasteiger partial charge in [0.2, 0.25) is 0 Å². The zero-order valence-corrected chi connectivity index (χ0v) is 19.2. The number of ether oxygens (including phenoxy) is 3. The summed E-state index contributed by atoms with van der Waals surface area (Å²) < 4.78 is 15.9. The van der Waals surface area contributed by atoms with Crippen LogP contribution in [0.25, 0.3) is 5.76 Å². The summed E-state index contributed by atoms with van der Waals surface area (Å²) >= 11 is 0. The van der Waals surface area contributed by atoms with E-state index in [2.05, 4.69) is 0 Å². The zero-order valence-electron chi connectivity index (χ0n) is 19.2. The van der Waals surface area contributed by atoms with Crippen LogP contribution in [-0.4, -0.2) is 68.1 Å². The number of carbonyl (C=O) groups is 3. The molecule has 2 aromatic carbocycles. The summed E-state index contributed by atoms with van der Waals surface area (Å²) in [5.41, 5.74) is 1.76. The second-order valence-electron chi connectivity index (χ2n) is 8.10. The van der Waals surface area contributed by atoms with E-state index in [4.69, 9.17) is 14.2 Å². The largest absolute Gasteiger partial charge is 0.507 e. The van der Waals surface area contributed by atoms with Crippen molar-refractivity contribution in [3.05, 3.63) is 59.2 Å². The quantitative estimate of drug-likeness (QED) is 0.228. The first-order valence-electron chi connectivity index (χ1n) is 10.9. The van der Waals surface area contributed by atoms with Crippen LogP contribution in [0.2, 0.25) is 0 Å². The smallest absolute Gasteiger partial charge is 0.308 e. The minimum absolute atomic E-state index is 0.0133. The number of hydrogen-bond donors (Lipinski definition) is 1. The van der Waals surface area contributed by atoms with Gasteiger partial charge in [-0.3, -0.25) is 14.4 Å². The van der Waals surface area contributed by atoms with E-state index in [0.717, 1.165) is 5.69 Å². The number of aliphatic hydroxyl groups is 1. The summed E-state index contributed by atoms with van der Waals surface area (Å²) in [6, 6.07) is 10.8. The summed E-state index contributed by atoms with van der Waals surface area (Å²) in [5, 5.41) is 11.3. The monoisotopic (exact) mass is 466 g/mol. The fourth-order valence-corrected chi connectivity index (χ4v) is 4.18. The van der Waals surface area contributed by atoms with Crippen LogP contribution < -0.4 is 14.4 Å². The third-order valence-corrected chi connectivity index (χ3v) is 5.86. The molecule has 2 aromatic rings. The number of nitrogens with zero attached hydrogens (tertiary/aromatic N) is 2. The van der Waals surface area contributed by atoms with Gasteiger partial charge in [0, 0.05) is 33.2 Å². The minimum atomic E-state index is -0.827. The predicted molar refractivity (Wildman–Crippen MR) is 124 cm³/mol. The number of aliphatic hydroxyl groups excluding tert-OH is 1. The molecule has 1 N–H and O–H groups in total. The summed E-state index contributed by atoms with van der Waals surface area (Å²) in [7, 11) is 3.42. The summed E-state index contributed by atoms with van der Waals surface area (Å²) in [6.45, 7) is 2.93. The average Bonchev–Trinajstić information content (AvgIpc) is 3.07. The molecule has 0 radical (unpaired) electrons. The molecule has 0 aliphatic carbocycles. The van der Waals surface area contributed by atoms with E-state index in [9.17, 15) is 19.5 Å². The molecule has 4 rings (SSSR count). The SMILES string of the molecule is COCCN1C(=O)C(=O)/C(=C(\O)c2ccc3c(c2)N(C)CCO3)C1c1ccc(OC(C)=O)cc1. The van der Waals surface area contributed by atoms with Crippen molar-refractivity contribution in [3.63, 3.8) is 0 Å². The lowest BCUT2D eigenvalue weighted by Gasteiger charge is -2.28. The summed E-state index contributed by atoms with van der Waals surface area (Å²) in [5.74, 6) is -1.20. The number of hydrogen-bond acceptors (Lipinski definition) is 8. The van der Waals surface area contributed by atoms with Crippen LogP contribution in [-0.2, 0) is 19.1 Å². The first kappa shape index (κ1) is 23.3. The molecule has 2 aliphatic heterocycles. The van der Waals surface area contributed by atoms with Crippen molar-refractivity contribution in [1.82, 2.24) is 4.90 Å². The number of Topliss-reactive ketones (excluding diaryl/α,β-unsaturated/α-hetero) is 1. The number of likely N-dealkylation sites (N-methyl/N-ethyl adjacent to an activating group) is 1. The van der Waals surface area contributed by atoms with Crippen molar-refractivity contribution < 1.29 is 33.7 Å². The van der Waals surface area contributed by atoms with Gasteiger partial charge in [0.1, 0.15) is 23.9 Å². The Morgan fingerprint density at radius 2 is 1.91 bits per heavy atom. The zero-order chi connectivity index (χ0) is 24.4. The Balaban J connectivity index is 1.80. The van der Waals surface area contributed by atoms with E-state index >= 15 is 0 Å². The lowest BCUT2D eigenvalue weighted by molar-refractivity contribution is -0.140. The van der Waals surface area contributed by atoms with E-state index in [1.165, 1.54) is 18.9 Å². The van der Waals surface area contributed by atoms with Crippen LogP contribution in [0.5, 0.6) is 11.5 Å². The van der Waals surface area contributed by atoms with Crippen LogP contribution in [0.4, 0.5) is 5.69 Å². The van der Waals surface area contributed by atoms with Gasteiger partial charge in [-0.05, 0) is 35.9 Å². The van der Waals surface area contributed by atoms with Crippen LogP contribution in [0.3, 0.4) is 0 Å². The minimum Gasteiger partial charge on any atom is -0.507 e. The third kappa shape index (κ3) is 4.34. The van der Waals surface area contributed by atoms with E-state index in [0.29, 0.717) is 35.8 Å². The van der Waals surface area contributed by atoms with E-state index in [-0.39, 0.29) is 24.5 Å². The van der Waals surface area contributed by atoms with Crippen molar-refractivity contribution in [2.45, 2.75) is 13.0 Å². The number of amides is 1. The van der Waals surface area contributed by atoms with Gasteiger partial charge in [-0.25, -0.2) is 0 Å². The predicted octanol–water partition coefficient (Wildman–Crippen LogP) is 2.51. The molecule has 2 aliphatic rings. The number of anilines is 1. The number of ketones is 1. The second-order valence-corrected chi connectivity index (χ2v) is 8.10. The lowest BCUT2D eigenvalue weighted by Crippen LogP contribution is -2.32. The molecule has 0 aromatic heterocycles. The van der Waals surface area contributed by atoms with Crippen LogP contribution in [0.1, 0.15) is 24.1 Å². The van der Waals surface area contributed by atoms with Crippen LogP contribution >= 0.6 is 0 Å². The van der Waals surface area contributed by atoms with E-state index in [1.807, 2.05) is 11.9 Å². The Bertz CT molecular complexity index is 1160. The highest BCUT2D eigenvalue weighted by Gasteiger charge is 2.46. The number of carbonyl (C=O) groups excluding carboxylic acids is 3. The maximum absolute atomic E-state index is 13.1. The molecule has 0 saturated carbocycles. The van der Waals surface area contributed by atoms with Gasteiger partial charge in [-0.1, -0.05) is 12.1 Å². The maximum Gasteiger partial charge on any atom is 0.308 e. The van der Waals surface area contributed by atoms with Gasteiger partial charge in [0.15, 0.2) is 0 Å². The van der Waals surface area contributed by atoms with Crippen LogP contribution in [0, 0.1) is 0 Å². The maximum atomic E-state index is 13.1. The number of rotatable bonds is 6. The Morgan fingerprint density at radius 1 is 1.18 bits per heavy atom. The summed E-state index contributed by atoms with van der Waals surface area (Å²) in [6.07, 6.45) is 0. The Labute approximate surface area is 197 Å². The fourth-order valence-electron chi connectivity index (χ4n) is 4.18. The standard InChI is InChI=1S/C25H26N2O7/c1-15(28)34-18-7-4-16(5-8-18)22-21(24(30)25(31)27(22)11-12-32-3)23(29)17-6-9-20-19(14-17)26(2)10-13-33-20/h4-9,14,22,29H,10-13H2,1-3H3/b23-21-. The Kier molecular flexibility index (Phi) is 6.56. The van der Waals surface area contributed by atoms with E-state index in [1.54, 1.807) is 42.5 Å². The number of likely N-dealkylation sites (tertiary alicyclic amines) is 1. The molecular weight excluding hydrogens is 440 g/mol. The van der Waals surface area contributed by atoms with Gasteiger partial charge in [0.25, 0.3) is 11.7 Å². The van der Waals surface area contributed by atoms with Crippen molar-refractivity contribution in [2.24, 2.45) is 0 Å². The lowest BCUT2D eigenvalue weighted by atomic mass is 9.95. The van der Waals surface area contributed by atoms with Crippen molar-refractivity contribution in [1.29, 1.82) is 0 Å². The van der Waals surface area contributed by atoms with Gasteiger partial charge in [0.05, 0.1) is 30.5 Å². The highest BCUT2D eigenvalue weighted by Crippen LogP contribution is 2.41. The first-order chi connectivity index (χ1) is 16.3. The van der Waals surface area contributed by atoms with Crippen molar-refractivity contribution >= 4 is 29.1 Å². The molecule has 1 amide bonds. The van der Waals surface area contributed by atoms with Crippen molar-refractivity contribution in [2.75, 3.05) is 45.4 Å². The molecule has 9 heteroatoms. The molecule has 0 spiro atoms. The Morgan fingerprint density at radius 3 is 2.59 bits per heavy atom. The fraction of sp³-hybridized carbons (Fsp3) is 0.320. The number of fused-ring (bicyclic) bond motifs is 1. The highest BCUT2D eigenvalue weighted by molar-refractivity contribution is 6.46. The molecule has 9 nitrogen and oxygen atoms in total. The molecule has 2 heterocycles. The Hall–Kier alpha value is -3.85. The van der Waals surface area contributed by atoms with Gasteiger partial charge < -0.3 is 29.1 Å². The van der Waals surface area contributed by atoms with Crippen molar-refractivity contribution in [3.8, 4) is 11.5 Å².